The first kappa shape index (κ1) is 25.9. The maximum Gasteiger partial charge on any atom is 0.329 e. The van der Waals surface area contributed by atoms with Crippen molar-refractivity contribution in [1.82, 2.24) is 15.4 Å². The van der Waals surface area contributed by atoms with Gasteiger partial charge in [0.15, 0.2) is 6.04 Å². The predicted octanol–water partition coefficient (Wildman–Crippen LogP) is 3.29. The maximum absolute atomic E-state index is 13.3. The summed E-state index contributed by atoms with van der Waals surface area (Å²) in [6, 6.07) is 1.75. The van der Waals surface area contributed by atoms with E-state index in [9.17, 15) is 29.4 Å². The molecule has 0 radical (unpaired) electrons. The van der Waals surface area contributed by atoms with Gasteiger partial charge < -0.3 is 25.0 Å². The second-order valence-electron chi connectivity index (χ2n) is 8.13. The average molecular weight is 530 g/mol. The van der Waals surface area contributed by atoms with Gasteiger partial charge in [-0.1, -0.05) is 34.4 Å². The first-order valence-corrected chi connectivity index (χ1v) is 11.5. The molecule has 1 aromatic heterocycles. The lowest BCUT2D eigenvalue weighted by Gasteiger charge is -2.31. The van der Waals surface area contributed by atoms with Crippen molar-refractivity contribution in [3.8, 4) is 11.3 Å². The van der Waals surface area contributed by atoms with Crippen LogP contribution >= 0.6 is 35.0 Å². The van der Waals surface area contributed by atoms with E-state index in [1.165, 1.54) is 6.92 Å². The maximum atomic E-state index is 13.3. The summed E-state index contributed by atoms with van der Waals surface area (Å²) in [4.78, 5) is 50.7. The van der Waals surface area contributed by atoms with Gasteiger partial charge in [0.25, 0.3) is 5.91 Å². The van der Waals surface area contributed by atoms with Gasteiger partial charge in [-0.15, -0.1) is 11.8 Å². The van der Waals surface area contributed by atoms with Crippen LogP contribution in [0.25, 0.3) is 11.3 Å². The number of nitrogens with zero attached hydrogens (tertiary/aromatic N) is 2. The number of amides is 2. The Labute approximate surface area is 208 Å². The second kappa shape index (κ2) is 9.47. The highest BCUT2D eigenvalue weighted by atomic mass is 35.5. The molecule has 1 aromatic carbocycles. The van der Waals surface area contributed by atoms with E-state index >= 15 is 0 Å². The quantitative estimate of drug-likeness (QED) is 0.511. The van der Waals surface area contributed by atoms with Gasteiger partial charge in [0.1, 0.15) is 28.4 Å². The minimum atomic E-state index is -1.64. The summed E-state index contributed by atoms with van der Waals surface area (Å²) in [5.74, 6) is -4.15. The van der Waals surface area contributed by atoms with Crippen LogP contribution in [0.15, 0.2) is 22.7 Å². The Balaban J connectivity index is 2.02. The fourth-order valence-corrected chi connectivity index (χ4v) is 6.17. The van der Waals surface area contributed by atoms with Gasteiger partial charge in [0, 0.05) is 17.2 Å². The highest BCUT2D eigenvalue weighted by molar-refractivity contribution is 8.01. The van der Waals surface area contributed by atoms with Gasteiger partial charge in [0.2, 0.25) is 5.91 Å². The topological polar surface area (TPSA) is 150 Å². The molecule has 0 saturated carbocycles. The number of halogens is 2. The van der Waals surface area contributed by atoms with Crippen LogP contribution in [-0.2, 0) is 14.4 Å². The van der Waals surface area contributed by atoms with Crippen LogP contribution in [-0.4, -0.2) is 66.2 Å². The van der Waals surface area contributed by atoms with E-state index in [0.717, 1.165) is 23.6 Å². The van der Waals surface area contributed by atoms with Crippen molar-refractivity contribution < 1.29 is 33.9 Å². The van der Waals surface area contributed by atoms with Gasteiger partial charge in [-0.25, -0.2) is 9.59 Å². The van der Waals surface area contributed by atoms with Crippen molar-refractivity contribution in [1.29, 1.82) is 0 Å². The number of aromatic nitrogens is 1. The van der Waals surface area contributed by atoms with Crippen LogP contribution in [0.1, 0.15) is 36.9 Å². The Morgan fingerprint density at radius 3 is 2.29 bits per heavy atom. The van der Waals surface area contributed by atoms with Crippen molar-refractivity contribution in [2.75, 3.05) is 0 Å². The van der Waals surface area contributed by atoms with Gasteiger partial charge in [-0.2, -0.15) is 0 Å². The molecule has 0 spiro atoms. The Morgan fingerprint density at radius 2 is 1.79 bits per heavy atom. The third kappa shape index (κ3) is 4.59. The van der Waals surface area contributed by atoms with Crippen molar-refractivity contribution in [2.24, 2.45) is 0 Å². The first-order valence-electron chi connectivity index (χ1n) is 9.91. The number of carbonyl (C=O) groups excluding carboxylic acids is 2. The molecule has 34 heavy (non-hydrogen) atoms. The number of carboxylic acid groups (broad SMARTS) is 2. The summed E-state index contributed by atoms with van der Waals surface area (Å²) < 4.78 is 4.14. The van der Waals surface area contributed by atoms with Gasteiger partial charge in [-0.3, -0.25) is 9.59 Å². The van der Waals surface area contributed by atoms with Crippen LogP contribution in [0.2, 0.25) is 10.0 Å². The molecule has 182 valence electrons. The molecule has 1 saturated heterocycles. The number of benzene rings is 1. The van der Waals surface area contributed by atoms with Gasteiger partial charge in [-0.05, 0) is 32.9 Å². The number of hydrogen-bond acceptors (Lipinski definition) is 7. The lowest BCUT2D eigenvalue weighted by molar-refractivity contribution is -0.152. The number of aryl methyl sites for hydroxylation is 1. The molecule has 3 atom stereocenters. The van der Waals surface area contributed by atoms with Crippen LogP contribution in [0.3, 0.4) is 0 Å². The summed E-state index contributed by atoms with van der Waals surface area (Å²) in [6.45, 7) is 5.79. The first-order chi connectivity index (χ1) is 15.8. The summed E-state index contributed by atoms with van der Waals surface area (Å²) in [5.41, 5.74) is 0.154. The number of carbonyl (C=O) groups is 4. The van der Waals surface area contributed by atoms with E-state index in [1.54, 1.807) is 32.0 Å². The minimum Gasteiger partial charge on any atom is -0.480 e. The highest BCUT2D eigenvalue weighted by Gasteiger charge is 2.56. The molecule has 13 heteroatoms. The molecule has 2 amide bonds. The normalized spacial score (nSPS) is 20.1. The van der Waals surface area contributed by atoms with E-state index < -0.39 is 46.0 Å². The number of thioether (sulfide) groups is 1. The zero-order chi connectivity index (χ0) is 25.5. The van der Waals surface area contributed by atoms with Crippen molar-refractivity contribution in [2.45, 2.75) is 49.9 Å². The summed E-state index contributed by atoms with van der Waals surface area (Å²) in [6.07, 6.45) is 0. The summed E-state index contributed by atoms with van der Waals surface area (Å²) in [5, 5.41) is 25.1. The molecular weight excluding hydrogens is 509 g/mol. The number of rotatable bonds is 6. The number of hydrogen-bond donors (Lipinski definition) is 3. The molecule has 1 aliphatic heterocycles. The molecule has 2 aromatic rings. The molecule has 0 bridgehead atoms. The molecule has 0 aliphatic carbocycles. The predicted molar refractivity (Wildman–Crippen MR) is 125 cm³/mol. The van der Waals surface area contributed by atoms with E-state index in [0.29, 0.717) is 0 Å². The van der Waals surface area contributed by atoms with Crippen molar-refractivity contribution >= 4 is 58.7 Å². The molecule has 3 rings (SSSR count). The van der Waals surface area contributed by atoms with Crippen LogP contribution in [0.5, 0.6) is 0 Å². The summed E-state index contributed by atoms with van der Waals surface area (Å²) in [7, 11) is 0. The van der Waals surface area contributed by atoms with Gasteiger partial charge >= 0.3 is 11.9 Å². The Hall–Kier alpha value is -2.76. The van der Waals surface area contributed by atoms with E-state index in [4.69, 9.17) is 27.7 Å². The Kier molecular flexibility index (Phi) is 7.20. The second-order valence-corrected chi connectivity index (χ2v) is 10.7. The fourth-order valence-electron chi connectivity index (χ4n) is 3.92. The molecule has 2 heterocycles. The van der Waals surface area contributed by atoms with Crippen LogP contribution in [0.4, 0.5) is 0 Å². The van der Waals surface area contributed by atoms with Crippen molar-refractivity contribution in [3.63, 3.8) is 0 Å². The number of carboxylic acids is 2. The molecule has 10 nitrogen and oxygen atoms in total. The minimum absolute atomic E-state index is 0.0148. The fraction of sp³-hybridized carbons (Fsp3) is 0.381. The smallest absolute Gasteiger partial charge is 0.329 e. The average Bonchev–Trinajstić information content (AvgIpc) is 3.22. The molecule has 3 N–H and O–H groups in total. The van der Waals surface area contributed by atoms with Crippen LogP contribution < -0.4 is 5.32 Å². The largest absolute Gasteiger partial charge is 0.480 e. The molecule has 1 fully saturated rings. The Bertz CT molecular complexity index is 1160. The third-order valence-corrected chi connectivity index (χ3v) is 7.56. The van der Waals surface area contributed by atoms with E-state index in [-0.39, 0.29) is 32.6 Å². The summed E-state index contributed by atoms with van der Waals surface area (Å²) >= 11 is 13.5. The highest BCUT2D eigenvalue weighted by Crippen LogP contribution is 2.46. The lowest BCUT2D eigenvalue weighted by atomic mass is 10.0. The SMILES string of the molecule is CC(=O)N1C(C(NC(=O)c2c(-c3c(Cl)cccc3Cl)noc2C)C(=O)O)SC(C)(C)C1C(=O)O. The van der Waals surface area contributed by atoms with Crippen molar-refractivity contribution in [3.05, 3.63) is 39.6 Å². The molecule has 3 unspecified atom stereocenters. The Morgan fingerprint density at radius 1 is 1.21 bits per heavy atom. The number of aliphatic carboxylic acids is 2. The molecular formula is C21H21Cl2N3O7S. The standard InChI is InChI=1S/C21H21Cl2N3O7S/c1-8-12(14(25-33-8)13-10(22)6-5-7-11(13)23)17(28)24-15(19(29)30)18-26(9(2)27)16(20(31)32)21(3,4)34-18/h5-7,15-16,18H,1-4H3,(H,24,28)(H,29,30)(H,31,32). The van der Waals surface area contributed by atoms with Crippen LogP contribution in [0, 0.1) is 6.92 Å². The van der Waals surface area contributed by atoms with Gasteiger partial charge in [0.05, 0.1) is 10.0 Å². The zero-order valence-electron chi connectivity index (χ0n) is 18.5. The lowest BCUT2D eigenvalue weighted by Crippen LogP contribution is -2.57. The number of nitrogens with one attached hydrogen (secondary N) is 1. The molecule has 1 aliphatic rings. The van der Waals surface area contributed by atoms with E-state index in [2.05, 4.69) is 10.5 Å². The zero-order valence-corrected chi connectivity index (χ0v) is 20.8. The van der Waals surface area contributed by atoms with E-state index in [1.807, 2.05) is 0 Å². The third-order valence-electron chi connectivity index (χ3n) is 5.36. The monoisotopic (exact) mass is 529 g/mol.